The Labute approximate surface area is 114 Å². The maximum atomic E-state index is 5.78. The van der Waals surface area contributed by atoms with Crippen molar-refractivity contribution in [2.75, 3.05) is 5.73 Å². The van der Waals surface area contributed by atoms with E-state index < -0.39 is 0 Å². The average molecular weight is 257 g/mol. The molecule has 0 spiro atoms. The van der Waals surface area contributed by atoms with Crippen LogP contribution in [0, 0.1) is 0 Å². The van der Waals surface area contributed by atoms with Crippen molar-refractivity contribution in [3.63, 3.8) is 0 Å². The molecule has 0 aromatic heterocycles. The number of nitrogen functional groups attached to an aromatic ring is 1. The Kier molecular flexibility index (Phi) is 5.53. The molecule has 18 heavy (non-hydrogen) atoms. The Hall–Kier alpha value is -1.67. The van der Waals surface area contributed by atoms with E-state index in [1.54, 1.807) is 17.8 Å². The largest absolute Gasteiger partial charge is 0.399 e. The number of allylic oxidation sites excluding steroid dienone is 4. The van der Waals surface area contributed by atoms with Crippen LogP contribution in [0.3, 0.4) is 0 Å². The first-order valence-electron chi connectivity index (χ1n) is 5.77. The van der Waals surface area contributed by atoms with Gasteiger partial charge in [0, 0.05) is 15.5 Å². The maximum Gasteiger partial charge on any atom is 0.0320 e. The van der Waals surface area contributed by atoms with Crippen LogP contribution in [0.1, 0.15) is 19.4 Å². The molecule has 1 aromatic rings. The monoisotopic (exact) mass is 257 g/mol. The second-order valence-electron chi connectivity index (χ2n) is 3.89. The van der Waals surface area contributed by atoms with Gasteiger partial charge in [-0.25, -0.2) is 0 Å². The quantitative estimate of drug-likeness (QED) is 0.593. The van der Waals surface area contributed by atoms with Crippen LogP contribution >= 0.6 is 11.8 Å². The molecule has 0 amide bonds. The summed E-state index contributed by atoms with van der Waals surface area (Å²) in [5.74, 6) is 0. The van der Waals surface area contributed by atoms with Crippen molar-refractivity contribution in [1.82, 2.24) is 0 Å². The van der Waals surface area contributed by atoms with Crippen LogP contribution in [0.15, 0.2) is 66.1 Å². The predicted molar refractivity (Wildman–Crippen MR) is 85.2 cm³/mol. The van der Waals surface area contributed by atoms with E-state index >= 15 is 0 Å². The summed E-state index contributed by atoms with van der Waals surface area (Å²) < 4.78 is 0. The third-order valence-corrected chi connectivity index (χ3v) is 3.72. The molecule has 2 heteroatoms. The summed E-state index contributed by atoms with van der Waals surface area (Å²) in [6.07, 6.45) is 5.87. The minimum Gasteiger partial charge on any atom is -0.399 e. The number of hydrogen-bond donors (Lipinski definition) is 1. The van der Waals surface area contributed by atoms with Crippen molar-refractivity contribution in [3.05, 3.63) is 71.7 Å². The van der Waals surface area contributed by atoms with Gasteiger partial charge in [0.15, 0.2) is 0 Å². The van der Waals surface area contributed by atoms with Crippen molar-refractivity contribution in [2.24, 2.45) is 0 Å². The third-order valence-electron chi connectivity index (χ3n) is 2.46. The summed E-state index contributed by atoms with van der Waals surface area (Å²) in [7, 11) is 0. The molecule has 2 N–H and O–H groups in total. The summed E-state index contributed by atoms with van der Waals surface area (Å²) >= 11 is 1.65. The number of hydrogen-bond acceptors (Lipinski definition) is 2. The van der Waals surface area contributed by atoms with E-state index in [0.717, 1.165) is 16.2 Å². The molecule has 1 aromatic carbocycles. The van der Waals surface area contributed by atoms with Gasteiger partial charge in [-0.2, -0.15) is 0 Å². The molecular formula is C16H19NS. The van der Waals surface area contributed by atoms with Gasteiger partial charge in [0.25, 0.3) is 0 Å². The highest BCUT2D eigenvalue weighted by molar-refractivity contribution is 8.12. The molecule has 0 saturated carbocycles. The van der Waals surface area contributed by atoms with Crippen molar-refractivity contribution >= 4 is 22.4 Å². The lowest BCUT2D eigenvalue weighted by molar-refractivity contribution is 1.48. The molecule has 0 fully saturated rings. The normalized spacial score (nSPS) is 12.3. The van der Waals surface area contributed by atoms with Crippen LogP contribution in [0.2, 0.25) is 0 Å². The van der Waals surface area contributed by atoms with Gasteiger partial charge in [-0.1, -0.05) is 55.3 Å². The number of benzene rings is 1. The molecule has 0 bridgehead atoms. The minimum absolute atomic E-state index is 0.759. The molecule has 94 valence electrons. The zero-order chi connectivity index (χ0) is 13.5. The van der Waals surface area contributed by atoms with Crippen molar-refractivity contribution in [2.45, 2.75) is 13.8 Å². The van der Waals surface area contributed by atoms with Crippen molar-refractivity contribution in [1.29, 1.82) is 0 Å². The molecule has 0 aliphatic carbocycles. The summed E-state index contributed by atoms with van der Waals surface area (Å²) in [5.41, 5.74) is 8.78. The number of anilines is 1. The van der Waals surface area contributed by atoms with E-state index in [2.05, 4.69) is 26.2 Å². The molecule has 0 radical (unpaired) electrons. The fourth-order valence-corrected chi connectivity index (χ4v) is 2.39. The third kappa shape index (κ3) is 3.97. The van der Waals surface area contributed by atoms with Gasteiger partial charge < -0.3 is 5.73 Å². The van der Waals surface area contributed by atoms with E-state index in [1.807, 2.05) is 37.3 Å². The molecule has 0 unspecified atom stereocenters. The Morgan fingerprint density at radius 3 is 2.67 bits per heavy atom. The lowest BCUT2D eigenvalue weighted by atomic mass is 10.2. The van der Waals surface area contributed by atoms with Gasteiger partial charge in [0.2, 0.25) is 0 Å². The molecule has 0 heterocycles. The fourth-order valence-electron chi connectivity index (χ4n) is 1.53. The van der Waals surface area contributed by atoms with Gasteiger partial charge in [0.05, 0.1) is 0 Å². The van der Waals surface area contributed by atoms with Crippen molar-refractivity contribution in [3.8, 4) is 0 Å². The number of rotatable bonds is 5. The summed E-state index contributed by atoms with van der Waals surface area (Å²) in [6.45, 7) is 11.9. The lowest BCUT2D eigenvalue weighted by Crippen LogP contribution is -1.87. The van der Waals surface area contributed by atoms with Gasteiger partial charge >= 0.3 is 0 Å². The zero-order valence-electron chi connectivity index (χ0n) is 10.9. The molecule has 0 atom stereocenters. The van der Waals surface area contributed by atoms with Gasteiger partial charge in [-0.05, 0) is 37.1 Å². The molecule has 0 aliphatic heterocycles. The number of thioether (sulfide) groups is 1. The second kappa shape index (κ2) is 6.92. The second-order valence-corrected chi connectivity index (χ2v) is 5.03. The first kappa shape index (κ1) is 14.4. The van der Waals surface area contributed by atoms with Crippen LogP contribution in [-0.4, -0.2) is 0 Å². The highest BCUT2D eigenvalue weighted by atomic mass is 32.2. The van der Waals surface area contributed by atoms with Gasteiger partial charge in [-0.15, -0.1) is 0 Å². The first-order valence-corrected chi connectivity index (χ1v) is 6.58. The Morgan fingerprint density at radius 2 is 2.11 bits per heavy atom. The fraction of sp³-hybridized carbons (Fsp3) is 0.125. The minimum atomic E-state index is 0.759. The van der Waals surface area contributed by atoms with Crippen LogP contribution in [-0.2, 0) is 0 Å². The molecule has 0 saturated heterocycles. The van der Waals surface area contributed by atoms with Gasteiger partial charge in [-0.3, -0.25) is 0 Å². The van der Waals surface area contributed by atoms with Crippen LogP contribution in [0.5, 0.6) is 0 Å². The molecular weight excluding hydrogens is 238 g/mol. The summed E-state index contributed by atoms with van der Waals surface area (Å²) in [6, 6.07) is 7.78. The van der Waals surface area contributed by atoms with Crippen LogP contribution in [0.25, 0.3) is 4.91 Å². The van der Waals surface area contributed by atoms with E-state index in [4.69, 9.17) is 5.73 Å². The topological polar surface area (TPSA) is 26.0 Å². The van der Waals surface area contributed by atoms with E-state index in [0.29, 0.717) is 0 Å². The van der Waals surface area contributed by atoms with Crippen LogP contribution in [0.4, 0.5) is 5.69 Å². The average Bonchev–Trinajstić information content (AvgIpc) is 2.35. The van der Waals surface area contributed by atoms with Gasteiger partial charge in [0.1, 0.15) is 0 Å². The van der Waals surface area contributed by atoms with Crippen molar-refractivity contribution < 1.29 is 0 Å². The van der Waals surface area contributed by atoms with E-state index in [-0.39, 0.29) is 0 Å². The van der Waals surface area contributed by atoms with E-state index in [9.17, 15) is 0 Å². The Morgan fingerprint density at radius 1 is 1.39 bits per heavy atom. The highest BCUT2D eigenvalue weighted by Crippen LogP contribution is 2.36. The smallest absolute Gasteiger partial charge is 0.0320 e. The Bertz CT molecular complexity index is 510. The van der Waals surface area contributed by atoms with E-state index in [1.165, 1.54) is 10.5 Å². The SMILES string of the molecule is C=C/C=C(C)\C(=C/C)SC(=C)c1cccc(N)c1. The molecule has 1 nitrogen and oxygen atoms in total. The Balaban J connectivity index is 2.87. The predicted octanol–water partition coefficient (Wildman–Crippen LogP) is 5.01. The first-order chi connectivity index (χ1) is 8.58. The number of nitrogens with two attached hydrogens (primary N) is 1. The molecule has 1 rings (SSSR count). The summed E-state index contributed by atoms with van der Waals surface area (Å²) in [5, 5.41) is 0. The maximum absolute atomic E-state index is 5.78. The standard InChI is InChI=1S/C16H19NS/c1-5-8-12(3)16(6-2)18-13(4)14-9-7-10-15(17)11-14/h5-11H,1,4,17H2,2-3H3/b12-8-,16-6+. The lowest BCUT2D eigenvalue weighted by Gasteiger charge is -2.10. The molecule has 0 aliphatic rings. The van der Waals surface area contributed by atoms with Crippen LogP contribution < -0.4 is 5.73 Å². The zero-order valence-corrected chi connectivity index (χ0v) is 11.8. The highest BCUT2D eigenvalue weighted by Gasteiger charge is 2.05. The summed E-state index contributed by atoms with van der Waals surface area (Å²) in [4.78, 5) is 2.18.